The third kappa shape index (κ3) is 15.2. The quantitative estimate of drug-likeness (QED) is 0.126. The van der Waals surface area contributed by atoms with E-state index in [2.05, 4.69) is 0 Å². The Kier molecular flexibility index (Phi) is 15.5. The molecule has 0 radical (unpaired) electrons. The van der Waals surface area contributed by atoms with Crippen LogP contribution in [-0.4, -0.2) is 63.0 Å². The van der Waals surface area contributed by atoms with Crippen LogP contribution >= 0.6 is 0 Å². The van der Waals surface area contributed by atoms with Gasteiger partial charge in [0.2, 0.25) is 0 Å². The normalized spacial score (nSPS) is 12.5. The Balaban J connectivity index is 2.78. The van der Waals surface area contributed by atoms with E-state index in [9.17, 15) is 19.2 Å². The van der Waals surface area contributed by atoms with E-state index in [0.29, 0.717) is 18.4 Å². The Morgan fingerprint density at radius 1 is 0.825 bits per heavy atom. The van der Waals surface area contributed by atoms with E-state index in [1.807, 2.05) is 34.6 Å². The van der Waals surface area contributed by atoms with E-state index in [1.165, 1.54) is 12.1 Å². The fourth-order valence-electron chi connectivity index (χ4n) is 2.83. The third-order valence-electron chi connectivity index (χ3n) is 4.97. The number of rotatable bonds is 15. The van der Waals surface area contributed by atoms with Gasteiger partial charge in [-0.3, -0.25) is 4.79 Å². The van der Waals surface area contributed by atoms with E-state index in [-0.39, 0.29) is 49.8 Å². The van der Waals surface area contributed by atoms with Gasteiger partial charge in [0.25, 0.3) is 0 Å². The lowest BCUT2D eigenvalue weighted by Gasteiger charge is -2.19. The average molecular weight is 570 g/mol. The summed E-state index contributed by atoms with van der Waals surface area (Å²) >= 11 is 0. The minimum absolute atomic E-state index is 0.00413. The summed E-state index contributed by atoms with van der Waals surface area (Å²) in [4.78, 5) is 48.4. The lowest BCUT2D eigenvalue weighted by molar-refractivity contribution is -0.148. The molecule has 1 aromatic carbocycles. The fourth-order valence-corrected chi connectivity index (χ4v) is 2.83. The number of carbonyl (C=O) groups excluding carboxylic acids is 4. The molecule has 1 rings (SSSR count). The van der Waals surface area contributed by atoms with Crippen LogP contribution in [0.3, 0.4) is 0 Å². The molecule has 0 fully saturated rings. The number of ether oxygens (including phenoxy) is 7. The summed E-state index contributed by atoms with van der Waals surface area (Å²) in [5.74, 6) is -0.916. The summed E-state index contributed by atoms with van der Waals surface area (Å²) in [5, 5.41) is 0. The van der Waals surface area contributed by atoms with Crippen LogP contribution in [0.5, 0.6) is 11.5 Å². The Labute approximate surface area is 235 Å². The van der Waals surface area contributed by atoms with Gasteiger partial charge in [-0.15, -0.1) is 0 Å². The summed E-state index contributed by atoms with van der Waals surface area (Å²) < 4.78 is 35.7. The molecule has 0 aliphatic rings. The molecule has 0 unspecified atom stereocenters. The van der Waals surface area contributed by atoms with Gasteiger partial charge in [0.05, 0.1) is 19.8 Å². The first kappa shape index (κ1) is 34.5. The molecule has 0 aliphatic carbocycles. The van der Waals surface area contributed by atoms with Crippen LogP contribution in [0.2, 0.25) is 0 Å². The number of carbonyl (C=O) groups is 4. The van der Waals surface area contributed by atoms with E-state index in [1.54, 1.807) is 13.0 Å². The Morgan fingerprint density at radius 2 is 1.40 bits per heavy atom. The number of nitrogens with two attached hydrogens (primary N) is 1. The number of benzene rings is 1. The van der Waals surface area contributed by atoms with Crippen LogP contribution in [0.4, 0.5) is 14.4 Å². The van der Waals surface area contributed by atoms with Crippen molar-refractivity contribution in [2.45, 2.75) is 85.8 Å². The van der Waals surface area contributed by atoms with Crippen molar-refractivity contribution in [2.24, 2.45) is 11.1 Å². The first-order chi connectivity index (χ1) is 18.8. The van der Waals surface area contributed by atoms with Crippen molar-refractivity contribution in [3.05, 3.63) is 23.8 Å². The molecular formula is C28H43NO11. The van der Waals surface area contributed by atoms with Crippen LogP contribution in [0, 0.1) is 5.41 Å². The predicted octanol–water partition coefficient (Wildman–Crippen LogP) is 5.32. The van der Waals surface area contributed by atoms with Gasteiger partial charge in [0.15, 0.2) is 11.5 Å². The number of esters is 1. The summed E-state index contributed by atoms with van der Waals surface area (Å²) in [7, 11) is 0. The maximum absolute atomic E-state index is 12.4. The molecule has 0 heterocycles. The summed E-state index contributed by atoms with van der Waals surface area (Å²) in [6.07, 6.45) is -0.569. The highest BCUT2D eigenvalue weighted by molar-refractivity contribution is 5.76. The second-order valence-electron chi connectivity index (χ2n) is 10.4. The predicted molar refractivity (Wildman–Crippen MR) is 144 cm³/mol. The Hall–Kier alpha value is -3.54. The molecule has 12 nitrogen and oxygen atoms in total. The van der Waals surface area contributed by atoms with Gasteiger partial charge in [-0.2, -0.15) is 0 Å². The van der Waals surface area contributed by atoms with E-state index < -0.39 is 36.6 Å². The van der Waals surface area contributed by atoms with Crippen molar-refractivity contribution in [1.82, 2.24) is 0 Å². The van der Waals surface area contributed by atoms with Crippen LogP contribution in [0.25, 0.3) is 0 Å². The maximum atomic E-state index is 12.4. The van der Waals surface area contributed by atoms with Gasteiger partial charge in [0, 0.05) is 0 Å². The average Bonchev–Trinajstić information content (AvgIpc) is 2.87. The topological polar surface area (TPSA) is 159 Å². The van der Waals surface area contributed by atoms with Gasteiger partial charge >= 0.3 is 24.4 Å². The lowest BCUT2D eigenvalue weighted by Crippen LogP contribution is -2.36. The van der Waals surface area contributed by atoms with Gasteiger partial charge in [-0.1, -0.05) is 53.5 Å². The molecular weight excluding hydrogens is 526 g/mol. The van der Waals surface area contributed by atoms with Crippen LogP contribution in [0.15, 0.2) is 18.2 Å². The van der Waals surface area contributed by atoms with Crippen molar-refractivity contribution in [1.29, 1.82) is 0 Å². The van der Waals surface area contributed by atoms with Crippen molar-refractivity contribution in [3.8, 4) is 11.5 Å². The summed E-state index contributed by atoms with van der Waals surface area (Å²) in [5.41, 5.74) is 6.28. The lowest BCUT2D eigenvalue weighted by atomic mass is 9.99. The first-order valence-corrected chi connectivity index (χ1v) is 13.4. The Bertz CT molecular complexity index is 958. The molecule has 12 heteroatoms. The van der Waals surface area contributed by atoms with Gasteiger partial charge in [-0.05, 0) is 49.3 Å². The molecule has 0 bridgehead atoms. The number of unbranched alkanes of at least 4 members (excludes halogenated alkanes) is 2. The largest absolute Gasteiger partial charge is 0.513 e. The minimum atomic E-state index is -1.09. The molecule has 40 heavy (non-hydrogen) atoms. The van der Waals surface area contributed by atoms with Crippen molar-refractivity contribution in [3.63, 3.8) is 0 Å². The minimum Gasteiger partial charge on any atom is -0.461 e. The van der Waals surface area contributed by atoms with Crippen LogP contribution in [-0.2, 0) is 34.9 Å². The van der Waals surface area contributed by atoms with E-state index >= 15 is 0 Å². The SMILES string of the molecule is CCCCOC(=O)Oc1ccc(C[C@H](N)C(=O)OC[C@H](C)OC(=O)OCC(C)(C)C)cc1OC(=O)OCCCC. The second kappa shape index (κ2) is 17.9. The fraction of sp³-hybridized carbons (Fsp3) is 0.643. The van der Waals surface area contributed by atoms with Crippen LogP contribution < -0.4 is 15.2 Å². The zero-order chi connectivity index (χ0) is 30.1. The highest BCUT2D eigenvalue weighted by Crippen LogP contribution is 2.30. The van der Waals surface area contributed by atoms with E-state index in [4.69, 9.17) is 38.9 Å². The molecule has 2 atom stereocenters. The summed E-state index contributed by atoms with van der Waals surface area (Å²) in [6.45, 7) is 11.5. The molecule has 0 aromatic heterocycles. The number of hydrogen-bond donors (Lipinski definition) is 1. The van der Waals surface area contributed by atoms with Crippen molar-refractivity contribution < 1.29 is 52.3 Å². The standard InChI is InChI=1S/C28H43NO11/c1-7-9-13-34-25(31)39-22-12-11-20(16-23(22)40-26(32)35-14-10-8-2)15-21(29)24(30)36-17-19(3)38-27(33)37-18-28(4,5)6/h11-12,16,19,21H,7-10,13-15,17-18,29H2,1-6H3/t19-,21-/m0/s1. The Morgan fingerprint density at radius 3 is 1.95 bits per heavy atom. The molecule has 0 amide bonds. The van der Waals surface area contributed by atoms with Crippen molar-refractivity contribution in [2.75, 3.05) is 26.4 Å². The van der Waals surface area contributed by atoms with Crippen molar-refractivity contribution >= 4 is 24.4 Å². The maximum Gasteiger partial charge on any atom is 0.513 e. The molecule has 226 valence electrons. The molecule has 1 aromatic rings. The summed E-state index contributed by atoms with van der Waals surface area (Å²) in [6, 6.07) is 3.26. The zero-order valence-electron chi connectivity index (χ0n) is 24.3. The molecule has 0 spiro atoms. The van der Waals surface area contributed by atoms with Gasteiger partial charge < -0.3 is 38.9 Å². The molecule has 0 aliphatic heterocycles. The smallest absolute Gasteiger partial charge is 0.461 e. The second-order valence-corrected chi connectivity index (χ2v) is 10.4. The highest BCUT2D eigenvalue weighted by atomic mass is 16.7. The van der Waals surface area contributed by atoms with Gasteiger partial charge in [-0.25, -0.2) is 14.4 Å². The van der Waals surface area contributed by atoms with Crippen LogP contribution in [0.1, 0.15) is 72.8 Å². The number of hydrogen-bond acceptors (Lipinski definition) is 12. The molecule has 0 saturated heterocycles. The molecule has 2 N–H and O–H groups in total. The first-order valence-electron chi connectivity index (χ1n) is 13.4. The monoisotopic (exact) mass is 569 g/mol. The molecule has 0 saturated carbocycles. The zero-order valence-corrected chi connectivity index (χ0v) is 24.3. The third-order valence-corrected chi connectivity index (χ3v) is 4.97. The van der Waals surface area contributed by atoms with Gasteiger partial charge in [0.1, 0.15) is 18.8 Å². The van der Waals surface area contributed by atoms with E-state index in [0.717, 1.165) is 12.8 Å². The highest BCUT2D eigenvalue weighted by Gasteiger charge is 2.22.